The number of hydrogen-bond donors (Lipinski definition) is 2. The number of carbonyl (C=O) groups excluding carboxylic acids is 1. The number of aromatic nitrogens is 2. The average Bonchev–Trinajstić information content (AvgIpc) is 3.12. The van der Waals surface area contributed by atoms with Crippen LogP contribution in [0.4, 0.5) is 5.69 Å². The van der Waals surface area contributed by atoms with Crippen molar-refractivity contribution in [1.82, 2.24) is 14.9 Å². The summed E-state index contributed by atoms with van der Waals surface area (Å²) in [5.74, 6) is 1.64. The molecular weight excluding hydrogens is 372 g/mol. The van der Waals surface area contributed by atoms with E-state index < -0.39 is 0 Å². The highest BCUT2D eigenvalue weighted by Crippen LogP contribution is 2.27. The van der Waals surface area contributed by atoms with E-state index in [2.05, 4.69) is 27.1 Å². The van der Waals surface area contributed by atoms with Gasteiger partial charge in [0.05, 0.1) is 16.7 Å². The fraction of sp³-hybridized carbons (Fsp3) is 0.364. The van der Waals surface area contributed by atoms with Crippen molar-refractivity contribution in [3.8, 4) is 11.4 Å². The van der Waals surface area contributed by atoms with Gasteiger partial charge in [0.25, 0.3) is 0 Å². The van der Waals surface area contributed by atoms with Gasteiger partial charge in [-0.3, -0.25) is 4.79 Å². The molecule has 148 valence electrons. The Bertz CT molecular complexity index is 898. The maximum atomic E-state index is 12.5. The van der Waals surface area contributed by atoms with Gasteiger partial charge in [-0.15, -0.1) is 12.4 Å². The number of piperidine rings is 1. The molecule has 3 aromatic rings. The minimum atomic E-state index is 0. The second-order valence-electron chi connectivity index (χ2n) is 7.47. The Morgan fingerprint density at radius 2 is 1.86 bits per heavy atom. The Labute approximate surface area is 172 Å². The van der Waals surface area contributed by atoms with Gasteiger partial charge in [0.2, 0.25) is 5.91 Å². The Balaban J connectivity index is 0.00000225. The zero-order valence-corrected chi connectivity index (χ0v) is 17.0. The van der Waals surface area contributed by atoms with E-state index in [4.69, 9.17) is 0 Å². The number of anilines is 1. The lowest BCUT2D eigenvalue weighted by Crippen LogP contribution is -2.35. The van der Waals surface area contributed by atoms with Gasteiger partial charge in [-0.1, -0.05) is 31.2 Å². The van der Waals surface area contributed by atoms with Crippen LogP contribution >= 0.6 is 12.4 Å². The highest BCUT2D eigenvalue weighted by molar-refractivity contribution is 5.95. The number of para-hydroxylation sites is 3. The molecule has 28 heavy (non-hydrogen) atoms. The third kappa shape index (κ3) is 4.72. The number of nitrogens with zero attached hydrogens (tertiary/aromatic N) is 2. The van der Waals surface area contributed by atoms with Crippen LogP contribution in [0.5, 0.6) is 0 Å². The summed E-state index contributed by atoms with van der Waals surface area (Å²) in [6, 6.07) is 15.8. The van der Waals surface area contributed by atoms with Crippen molar-refractivity contribution in [3.05, 3.63) is 48.5 Å². The molecule has 1 aromatic heterocycles. The first kappa shape index (κ1) is 20.4. The number of fused-ring (bicyclic) bond motifs is 1. The van der Waals surface area contributed by atoms with Crippen molar-refractivity contribution in [2.45, 2.75) is 26.2 Å². The molecule has 2 N–H and O–H groups in total. The summed E-state index contributed by atoms with van der Waals surface area (Å²) < 4.78 is 0. The van der Waals surface area contributed by atoms with E-state index in [1.165, 1.54) is 12.8 Å². The highest BCUT2D eigenvalue weighted by atomic mass is 35.5. The van der Waals surface area contributed by atoms with Crippen LogP contribution < -0.4 is 5.32 Å². The fourth-order valence-corrected chi connectivity index (χ4v) is 3.64. The third-order valence-corrected chi connectivity index (χ3v) is 5.38. The zero-order chi connectivity index (χ0) is 18.6. The second kappa shape index (κ2) is 9.22. The van der Waals surface area contributed by atoms with E-state index >= 15 is 0 Å². The number of hydrogen-bond acceptors (Lipinski definition) is 3. The molecule has 2 aromatic carbocycles. The predicted molar refractivity (Wildman–Crippen MR) is 117 cm³/mol. The van der Waals surface area contributed by atoms with E-state index in [0.29, 0.717) is 6.42 Å². The molecule has 0 saturated carbocycles. The van der Waals surface area contributed by atoms with Crippen molar-refractivity contribution in [3.63, 3.8) is 0 Å². The zero-order valence-electron chi connectivity index (χ0n) is 16.1. The van der Waals surface area contributed by atoms with Crippen LogP contribution in [0, 0.1) is 5.92 Å². The second-order valence-corrected chi connectivity index (χ2v) is 7.47. The highest BCUT2D eigenvalue weighted by Gasteiger charge is 2.17. The van der Waals surface area contributed by atoms with Crippen molar-refractivity contribution in [2.24, 2.45) is 5.92 Å². The topological polar surface area (TPSA) is 61.0 Å². The number of rotatable bonds is 5. The smallest absolute Gasteiger partial charge is 0.225 e. The van der Waals surface area contributed by atoms with E-state index in [1.807, 2.05) is 48.5 Å². The van der Waals surface area contributed by atoms with Crippen molar-refractivity contribution in [1.29, 1.82) is 0 Å². The van der Waals surface area contributed by atoms with Gasteiger partial charge in [0.15, 0.2) is 0 Å². The van der Waals surface area contributed by atoms with E-state index in [9.17, 15) is 4.79 Å². The van der Waals surface area contributed by atoms with E-state index in [-0.39, 0.29) is 18.3 Å². The van der Waals surface area contributed by atoms with Gasteiger partial charge >= 0.3 is 0 Å². The van der Waals surface area contributed by atoms with Crippen LogP contribution in [-0.2, 0) is 4.79 Å². The van der Waals surface area contributed by atoms with Crippen LogP contribution in [0.15, 0.2) is 48.5 Å². The lowest BCUT2D eigenvalue weighted by atomic mass is 9.99. The summed E-state index contributed by atoms with van der Waals surface area (Å²) in [5.41, 5.74) is 3.63. The molecule has 2 heterocycles. The molecule has 1 fully saturated rings. The number of benzene rings is 2. The van der Waals surface area contributed by atoms with Crippen LogP contribution in [0.1, 0.15) is 26.2 Å². The first-order valence-corrected chi connectivity index (χ1v) is 9.75. The number of amides is 1. The fourth-order valence-electron chi connectivity index (χ4n) is 3.64. The number of likely N-dealkylation sites (tertiary alicyclic amines) is 1. The molecular formula is C22H27ClN4O. The summed E-state index contributed by atoms with van der Waals surface area (Å²) in [6.45, 7) is 5.33. The first-order chi connectivity index (χ1) is 13.2. The molecule has 5 nitrogen and oxygen atoms in total. The minimum Gasteiger partial charge on any atom is -0.338 e. The first-order valence-electron chi connectivity index (χ1n) is 9.75. The summed E-state index contributed by atoms with van der Waals surface area (Å²) in [7, 11) is 0. The van der Waals surface area contributed by atoms with Crippen molar-refractivity contribution >= 4 is 35.0 Å². The normalized spacial score (nSPS) is 15.3. The number of H-pyrrole nitrogens is 1. The van der Waals surface area contributed by atoms with Crippen LogP contribution in [-0.4, -0.2) is 40.4 Å². The van der Waals surface area contributed by atoms with E-state index in [0.717, 1.165) is 53.7 Å². The number of imidazole rings is 1. The molecule has 4 rings (SSSR count). The Morgan fingerprint density at radius 3 is 2.64 bits per heavy atom. The molecule has 0 unspecified atom stereocenters. The lowest BCUT2D eigenvalue weighted by Gasteiger charge is -2.29. The Kier molecular flexibility index (Phi) is 6.70. The van der Waals surface area contributed by atoms with Crippen LogP contribution in [0.2, 0.25) is 0 Å². The van der Waals surface area contributed by atoms with Crippen molar-refractivity contribution < 1.29 is 4.79 Å². The summed E-state index contributed by atoms with van der Waals surface area (Å²) in [5, 5.41) is 3.08. The molecule has 0 aliphatic carbocycles. The number of halogens is 1. The molecule has 0 atom stereocenters. The largest absolute Gasteiger partial charge is 0.338 e. The van der Waals surface area contributed by atoms with Gasteiger partial charge in [0.1, 0.15) is 5.82 Å². The van der Waals surface area contributed by atoms with Crippen molar-refractivity contribution in [2.75, 3.05) is 25.0 Å². The number of carbonyl (C=O) groups is 1. The maximum Gasteiger partial charge on any atom is 0.225 e. The van der Waals surface area contributed by atoms with Crippen LogP contribution in [0.3, 0.4) is 0 Å². The van der Waals surface area contributed by atoms with Gasteiger partial charge in [-0.2, -0.15) is 0 Å². The summed E-state index contributed by atoms with van der Waals surface area (Å²) in [6.07, 6.45) is 2.98. The van der Waals surface area contributed by atoms with Crippen LogP contribution in [0.25, 0.3) is 22.4 Å². The van der Waals surface area contributed by atoms with Gasteiger partial charge in [-0.25, -0.2) is 4.98 Å². The number of aromatic amines is 1. The number of nitrogens with one attached hydrogen (secondary N) is 2. The minimum absolute atomic E-state index is 0. The third-order valence-electron chi connectivity index (χ3n) is 5.38. The van der Waals surface area contributed by atoms with Gasteiger partial charge in [0, 0.05) is 18.5 Å². The molecule has 0 radical (unpaired) electrons. The predicted octanol–water partition coefficient (Wildman–Crippen LogP) is 4.71. The quantitative estimate of drug-likeness (QED) is 0.654. The molecule has 1 amide bonds. The SMILES string of the molecule is CC1CCN(CCC(=O)Nc2ccccc2-c2nc3ccccc3[nH]2)CC1.Cl. The Hall–Kier alpha value is -2.37. The lowest BCUT2D eigenvalue weighted by molar-refractivity contribution is -0.116. The standard InChI is InChI=1S/C22H26N4O.ClH/c1-16-10-13-26(14-11-16)15-12-21(27)23-18-7-3-2-6-17(18)22-24-19-8-4-5-9-20(19)25-22;/h2-9,16H,10-15H2,1H3,(H,23,27)(H,24,25);1H. The average molecular weight is 399 g/mol. The van der Waals surface area contributed by atoms with Gasteiger partial charge < -0.3 is 15.2 Å². The molecule has 0 spiro atoms. The molecule has 1 aliphatic rings. The molecule has 0 bridgehead atoms. The Morgan fingerprint density at radius 1 is 1.14 bits per heavy atom. The molecule has 1 saturated heterocycles. The monoisotopic (exact) mass is 398 g/mol. The maximum absolute atomic E-state index is 12.5. The summed E-state index contributed by atoms with van der Waals surface area (Å²) >= 11 is 0. The molecule has 1 aliphatic heterocycles. The molecule has 6 heteroatoms. The van der Waals surface area contributed by atoms with Gasteiger partial charge in [-0.05, 0) is 56.1 Å². The summed E-state index contributed by atoms with van der Waals surface area (Å²) in [4.78, 5) is 22.9. The van der Waals surface area contributed by atoms with E-state index in [1.54, 1.807) is 0 Å².